The van der Waals surface area contributed by atoms with E-state index in [2.05, 4.69) is 18.7 Å². The van der Waals surface area contributed by atoms with Gasteiger partial charge in [0.05, 0.1) is 5.69 Å². The molecule has 0 atom stereocenters. The first-order valence-electron chi connectivity index (χ1n) is 6.25. The molecule has 1 heterocycles. The Bertz CT molecular complexity index is 391. The van der Waals surface area contributed by atoms with Crippen LogP contribution in [0.3, 0.4) is 0 Å². The molecule has 0 aliphatic carbocycles. The van der Waals surface area contributed by atoms with Crippen molar-refractivity contribution in [2.45, 2.75) is 33.2 Å². The van der Waals surface area contributed by atoms with Gasteiger partial charge in [-0.05, 0) is 36.0 Å². The van der Waals surface area contributed by atoms with Crippen LogP contribution in [0.1, 0.15) is 32.3 Å². The maximum Gasteiger partial charge on any atom is 0.146 e. The summed E-state index contributed by atoms with van der Waals surface area (Å²) in [5.74, 6) is -0.146. The molecule has 1 aromatic carbocycles. The topological polar surface area (TPSA) is 29.3 Å². The first kappa shape index (κ1) is 12.4. The Kier molecular flexibility index (Phi) is 3.38. The van der Waals surface area contributed by atoms with Crippen LogP contribution in [0.25, 0.3) is 0 Å². The quantitative estimate of drug-likeness (QED) is 0.855. The zero-order valence-corrected chi connectivity index (χ0v) is 10.7. The molecule has 3 heteroatoms. The van der Waals surface area contributed by atoms with Gasteiger partial charge in [-0.25, -0.2) is 4.39 Å². The van der Waals surface area contributed by atoms with Crippen LogP contribution < -0.4 is 10.6 Å². The van der Waals surface area contributed by atoms with Gasteiger partial charge in [0.1, 0.15) is 5.82 Å². The zero-order chi connectivity index (χ0) is 12.5. The molecule has 2 nitrogen and oxygen atoms in total. The second-order valence-electron chi connectivity index (χ2n) is 5.64. The normalized spacial score (nSPS) is 19.4. The van der Waals surface area contributed by atoms with Crippen molar-refractivity contribution in [2.24, 2.45) is 11.1 Å². The third kappa shape index (κ3) is 2.78. The number of halogens is 1. The van der Waals surface area contributed by atoms with Crippen molar-refractivity contribution < 1.29 is 4.39 Å². The molecule has 2 N–H and O–H groups in total. The van der Waals surface area contributed by atoms with Gasteiger partial charge in [-0.15, -0.1) is 0 Å². The highest BCUT2D eigenvalue weighted by molar-refractivity contribution is 5.49. The highest BCUT2D eigenvalue weighted by Gasteiger charge is 2.26. The Morgan fingerprint density at radius 1 is 1.29 bits per heavy atom. The maximum atomic E-state index is 13.9. The molecule has 0 bridgehead atoms. The molecule has 94 valence electrons. The van der Waals surface area contributed by atoms with Gasteiger partial charge in [-0.2, -0.15) is 0 Å². The number of hydrogen-bond donors (Lipinski definition) is 1. The van der Waals surface area contributed by atoms with Gasteiger partial charge in [0.15, 0.2) is 0 Å². The minimum absolute atomic E-state index is 0.146. The van der Waals surface area contributed by atoms with E-state index in [-0.39, 0.29) is 5.82 Å². The predicted molar refractivity (Wildman–Crippen MR) is 69.5 cm³/mol. The van der Waals surface area contributed by atoms with Crippen LogP contribution in [-0.4, -0.2) is 13.1 Å². The third-order valence-corrected chi connectivity index (χ3v) is 3.71. The maximum absolute atomic E-state index is 13.9. The summed E-state index contributed by atoms with van der Waals surface area (Å²) in [5, 5.41) is 0. The van der Waals surface area contributed by atoms with E-state index in [0.29, 0.717) is 12.0 Å². The minimum atomic E-state index is -0.146. The molecule has 1 saturated heterocycles. The average Bonchev–Trinajstić information content (AvgIpc) is 2.29. The second kappa shape index (κ2) is 4.65. The summed E-state index contributed by atoms with van der Waals surface area (Å²) in [6.07, 6.45) is 2.23. The molecular weight excluding hydrogens is 215 g/mol. The third-order valence-electron chi connectivity index (χ3n) is 3.71. The molecule has 0 unspecified atom stereocenters. The molecule has 0 aromatic heterocycles. The van der Waals surface area contributed by atoms with E-state index in [1.165, 1.54) is 0 Å². The molecule has 0 spiro atoms. The Morgan fingerprint density at radius 2 is 1.94 bits per heavy atom. The smallest absolute Gasteiger partial charge is 0.146 e. The lowest BCUT2D eigenvalue weighted by molar-refractivity contribution is 0.279. The molecule has 1 aliphatic rings. The molecule has 17 heavy (non-hydrogen) atoms. The van der Waals surface area contributed by atoms with Crippen molar-refractivity contribution in [1.29, 1.82) is 0 Å². The van der Waals surface area contributed by atoms with Gasteiger partial charge >= 0.3 is 0 Å². The van der Waals surface area contributed by atoms with Gasteiger partial charge in [0.2, 0.25) is 0 Å². The van der Waals surface area contributed by atoms with E-state index in [0.717, 1.165) is 37.2 Å². The number of piperidine rings is 1. The van der Waals surface area contributed by atoms with E-state index in [1.54, 1.807) is 6.07 Å². The van der Waals surface area contributed by atoms with E-state index >= 15 is 0 Å². The van der Waals surface area contributed by atoms with Gasteiger partial charge in [0.25, 0.3) is 0 Å². The van der Waals surface area contributed by atoms with Crippen molar-refractivity contribution in [1.82, 2.24) is 0 Å². The number of hydrogen-bond acceptors (Lipinski definition) is 2. The summed E-state index contributed by atoms with van der Waals surface area (Å²) in [7, 11) is 0. The van der Waals surface area contributed by atoms with Crippen molar-refractivity contribution in [3.63, 3.8) is 0 Å². The van der Waals surface area contributed by atoms with Crippen LogP contribution in [0.15, 0.2) is 18.2 Å². The van der Waals surface area contributed by atoms with Gasteiger partial charge in [-0.1, -0.05) is 19.9 Å². The first-order chi connectivity index (χ1) is 8.02. The molecule has 1 fully saturated rings. The number of rotatable bonds is 2. The van der Waals surface area contributed by atoms with E-state index in [9.17, 15) is 4.39 Å². The number of nitrogens with zero attached hydrogens (tertiary/aromatic N) is 1. The molecular formula is C14H21FN2. The molecule has 0 radical (unpaired) electrons. The van der Waals surface area contributed by atoms with Crippen molar-refractivity contribution in [3.05, 3.63) is 29.6 Å². The summed E-state index contributed by atoms with van der Waals surface area (Å²) in [5.41, 5.74) is 7.47. The van der Waals surface area contributed by atoms with Gasteiger partial charge in [0, 0.05) is 19.6 Å². The monoisotopic (exact) mass is 236 g/mol. The van der Waals surface area contributed by atoms with E-state index in [4.69, 9.17) is 5.73 Å². The largest absolute Gasteiger partial charge is 0.369 e. The SMILES string of the molecule is CC1(C)CCN(c2ccc(CN)cc2F)CC1. The summed E-state index contributed by atoms with van der Waals surface area (Å²) < 4.78 is 13.9. The zero-order valence-electron chi connectivity index (χ0n) is 10.7. The molecule has 0 saturated carbocycles. The Balaban J connectivity index is 2.13. The number of anilines is 1. The van der Waals surface area contributed by atoms with E-state index < -0.39 is 0 Å². The lowest BCUT2D eigenvalue weighted by atomic mass is 9.82. The standard InChI is InChI=1S/C14H21FN2/c1-14(2)5-7-17(8-6-14)13-4-3-11(10-16)9-12(13)15/h3-4,9H,5-8,10,16H2,1-2H3. The van der Waals surface area contributed by atoms with Crippen molar-refractivity contribution >= 4 is 5.69 Å². The summed E-state index contributed by atoms with van der Waals surface area (Å²) in [6.45, 7) is 6.82. The minimum Gasteiger partial charge on any atom is -0.369 e. The van der Waals surface area contributed by atoms with Crippen LogP contribution in [-0.2, 0) is 6.54 Å². The first-order valence-corrected chi connectivity index (χ1v) is 6.25. The molecule has 0 amide bonds. The van der Waals surface area contributed by atoms with Crippen LogP contribution in [0.4, 0.5) is 10.1 Å². The summed E-state index contributed by atoms with van der Waals surface area (Å²) >= 11 is 0. The number of benzene rings is 1. The molecule has 1 aromatic rings. The van der Waals surface area contributed by atoms with Gasteiger partial charge in [-0.3, -0.25) is 0 Å². The fraction of sp³-hybridized carbons (Fsp3) is 0.571. The Labute approximate surface area is 103 Å². The fourth-order valence-corrected chi connectivity index (χ4v) is 2.29. The van der Waals surface area contributed by atoms with Crippen molar-refractivity contribution in [2.75, 3.05) is 18.0 Å². The highest BCUT2D eigenvalue weighted by atomic mass is 19.1. The van der Waals surface area contributed by atoms with Crippen LogP contribution in [0, 0.1) is 11.2 Å². The number of nitrogens with two attached hydrogens (primary N) is 1. The Hall–Kier alpha value is -1.09. The second-order valence-corrected chi connectivity index (χ2v) is 5.64. The lowest BCUT2D eigenvalue weighted by Gasteiger charge is -2.38. The molecule has 1 aliphatic heterocycles. The summed E-state index contributed by atoms with van der Waals surface area (Å²) in [4.78, 5) is 2.14. The summed E-state index contributed by atoms with van der Waals surface area (Å²) in [6, 6.07) is 5.32. The van der Waals surface area contributed by atoms with Crippen LogP contribution >= 0.6 is 0 Å². The highest BCUT2D eigenvalue weighted by Crippen LogP contribution is 2.33. The Morgan fingerprint density at radius 3 is 2.47 bits per heavy atom. The molecule has 2 rings (SSSR count). The van der Waals surface area contributed by atoms with E-state index in [1.807, 2.05) is 12.1 Å². The lowest BCUT2D eigenvalue weighted by Crippen LogP contribution is -2.37. The van der Waals surface area contributed by atoms with Crippen LogP contribution in [0.5, 0.6) is 0 Å². The average molecular weight is 236 g/mol. The predicted octanol–water partition coefficient (Wildman–Crippen LogP) is 2.91. The fourth-order valence-electron chi connectivity index (χ4n) is 2.29. The van der Waals surface area contributed by atoms with Gasteiger partial charge < -0.3 is 10.6 Å². The van der Waals surface area contributed by atoms with Crippen molar-refractivity contribution in [3.8, 4) is 0 Å². The van der Waals surface area contributed by atoms with Crippen LogP contribution in [0.2, 0.25) is 0 Å².